The minimum Gasteiger partial charge on any atom is -0.493 e. The van der Waals surface area contributed by atoms with Gasteiger partial charge in [-0.05, 0) is 43.2 Å². The Bertz CT molecular complexity index is 432. The van der Waals surface area contributed by atoms with Gasteiger partial charge in [-0.3, -0.25) is 0 Å². The van der Waals surface area contributed by atoms with Crippen LogP contribution in [-0.2, 0) is 0 Å². The zero-order valence-corrected chi connectivity index (χ0v) is 10.3. The Morgan fingerprint density at radius 1 is 1.50 bits per heavy atom. The zero-order valence-electron chi connectivity index (χ0n) is 9.36. The van der Waals surface area contributed by atoms with Crippen LogP contribution in [-0.4, -0.2) is 12.4 Å². The fourth-order valence-corrected chi connectivity index (χ4v) is 1.99. The van der Waals surface area contributed by atoms with Gasteiger partial charge in [0.25, 0.3) is 0 Å². The summed E-state index contributed by atoms with van der Waals surface area (Å²) in [5, 5.41) is 8.82. The van der Waals surface area contributed by atoms with Gasteiger partial charge >= 0.3 is 0 Å². The molecule has 84 valence electrons. The van der Waals surface area contributed by atoms with Crippen LogP contribution in [0, 0.1) is 23.7 Å². The molecule has 0 N–H and O–H groups in total. The lowest BCUT2D eigenvalue weighted by Crippen LogP contribution is -2.15. The molecule has 1 aliphatic carbocycles. The van der Waals surface area contributed by atoms with Crippen LogP contribution in [0.1, 0.15) is 24.0 Å². The van der Waals surface area contributed by atoms with Gasteiger partial charge < -0.3 is 4.74 Å². The molecule has 1 fully saturated rings. The van der Waals surface area contributed by atoms with E-state index in [1.165, 1.54) is 12.8 Å². The Hall–Kier alpha value is -1.14. The second-order valence-corrected chi connectivity index (χ2v) is 4.86. The normalized spacial score (nSPS) is 16.6. The van der Waals surface area contributed by atoms with Gasteiger partial charge in [0.1, 0.15) is 5.75 Å². The molecular formula is C13H15NOS. The summed E-state index contributed by atoms with van der Waals surface area (Å²) in [7, 11) is 0. The van der Waals surface area contributed by atoms with E-state index in [1.54, 1.807) is 0 Å². The van der Waals surface area contributed by atoms with Crippen LogP contribution < -0.4 is 4.74 Å². The molecule has 1 saturated carbocycles. The Kier molecular flexibility index (Phi) is 3.11. The van der Waals surface area contributed by atoms with Crippen LogP contribution >= 0.6 is 12.6 Å². The summed E-state index contributed by atoms with van der Waals surface area (Å²) in [6.45, 7) is 2.71. The molecule has 1 aliphatic rings. The molecule has 0 spiro atoms. The molecular weight excluding hydrogens is 218 g/mol. The summed E-state index contributed by atoms with van der Waals surface area (Å²) in [6.07, 6.45) is 2.40. The van der Waals surface area contributed by atoms with E-state index in [9.17, 15) is 0 Å². The number of rotatable bonds is 4. The number of thiol groups is 1. The van der Waals surface area contributed by atoms with Crippen LogP contribution in [0.15, 0.2) is 18.2 Å². The average molecular weight is 233 g/mol. The number of ether oxygens (including phenoxy) is 1. The minimum atomic E-state index is 0.290. The van der Waals surface area contributed by atoms with Crippen molar-refractivity contribution in [2.75, 3.05) is 12.4 Å². The van der Waals surface area contributed by atoms with Crippen LogP contribution in [0.3, 0.4) is 0 Å². The first kappa shape index (κ1) is 11.3. The maximum atomic E-state index is 8.82. The summed E-state index contributed by atoms with van der Waals surface area (Å²) in [5.74, 6) is 1.70. The second-order valence-electron chi connectivity index (χ2n) is 4.54. The Labute approximate surface area is 102 Å². The SMILES string of the molecule is Cc1ccc(C#N)cc1OCC1(CS)CC1. The first-order valence-corrected chi connectivity index (χ1v) is 6.07. The molecule has 0 heterocycles. The molecule has 0 radical (unpaired) electrons. The van der Waals surface area contributed by atoms with E-state index in [-0.39, 0.29) is 5.41 Å². The van der Waals surface area contributed by atoms with E-state index in [1.807, 2.05) is 25.1 Å². The highest BCUT2D eigenvalue weighted by Gasteiger charge is 2.42. The third kappa shape index (κ3) is 2.33. The molecule has 0 aromatic heterocycles. The highest BCUT2D eigenvalue weighted by atomic mass is 32.1. The van der Waals surface area contributed by atoms with E-state index in [4.69, 9.17) is 10.00 Å². The van der Waals surface area contributed by atoms with Crippen LogP contribution in [0.4, 0.5) is 0 Å². The summed E-state index contributed by atoms with van der Waals surface area (Å²) < 4.78 is 5.80. The first-order chi connectivity index (χ1) is 7.69. The van der Waals surface area contributed by atoms with Gasteiger partial charge in [-0.25, -0.2) is 0 Å². The lowest BCUT2D eigenvalue weighted by Gasteiger charge is -2.15. The van der Waals surface area contributed by atoms with Gasteiger partial charge in [0.05, 0.1) is 18.2 Å². The van der Waals surface area contributed by atoms with Crippen LogP contribution in [0.5, 0.6) is 5.75 Å². The molecule has 0 atom stereocenters. The van der Waals surface area contributed by atoms with Gasteiger partial charge in [-0.1, -0.05) is 6.07 Å². The number of hydrogen-bond acceptors (Lipinski definition) is 3. The van der Waals surface area contributed by atoms with Crippen molar-refractivity contribution in [2.24, 2.45) is 5.41 Å². The third-order valence-electron chi connectivity index (χ3n) is 3.14. The van der Waals surface area contributed by atoms with Crippen molar-refractivity contribution in [1.82, 2.24) is 0 Å². The quantitative estimate of drug-likeness (QED) is 0.811. The molecule has 0 unspecified atom stereocenters. The van der Waals surface area contributed by atoms with Crippen LogP contribution in [0.2, 0.25) is 0 Å². The first-order valence-electron chi connectivity index (χ1n) is 5.43. The summed E-state index contributed by atoms with van der Waals surface area (Å²) in [4.78, 5) is 0. The number of nitrogens with zero attached hydrogens (tertiary/aromatic N) is 1. The molecule has 2 nitrogen and oxygen atoms in total. The highest BCUT2D eigenvalue weighted by Crippen LogP contribution is 2.46. The van der Waals surface area contributed by atoms with Crippen molar-refractivity contribution in [2.45, 2.75) is 19.8 Å². The molecule has 0 saturated heterocycles. The molecule has 1 aromatic carbocycles. The number of hydrogen-bond donors (Lipinski definition) is 1. The fraction of sp³-hybridized carbons (Fsp3) is 0.462. The van der Waals surface area contributed by atoms with Gasteiger partial charge in [-0.15, -0.1) is 0 Å². The number of benzene rings is 1. The van der Waals surface area contributed by atoms with Gasteiger partial charge in [-0.2, -0.15) is 17.9 Å². The Morgan fingerprint density at radius 3 is 2.81 bits per heavy atom. The monoisotopic (exact) mass is 233 g/mol. The predicted octanol–water partition coefficient (Wildman–Crippen LogP) is 2.96. The van der Waals surface area contributed by atoms with Crippen LogP contribution in [0.25, 0.3) is 0 Å². The van der Waals surface area contributed by atoms with E-state index in [0.717, 1.165) is 17.1 Å². The molecule has 0 amide bonds. The molecule has 0 bridgehead atoms. The van der Waals surface area contributed by atoms with Crippen molar-refractivity contribution < 1.29 is 4.74 Å². The molecule has 0 aliphatic heterocycles. The highest BCUT2D eigenvalue weighted by molar-refractivity contribution is 7.80. The van der Waals surface area contributed by atoms with Crippen molar-refractivity contribution >= 4 is 12.6 Å². The van der Waals surface area contributed by atoms with E-state index >= 15 is 0 Å². The van der Waals surface area contributed by atoms with E-state index in [0.29, 0.717) is 12.2 Å². The molecule has 3 heteroatoms. The third-order valence-corrected chi connectivity index (χ3v) is 3.81. The Morgan fingerprint density at radius 2 is 2.25 bits per heavy atom. The van der Waals surface area contributed by atoms with Gasteiger partial charge in [0, 0.05) is 5.41 Å². The maximum Gasteiger partial charge on any atom is 0.123 e. The lowest BCUT2D eigenvalue weighted by atomic mass is 10.1. The second kappa shape index (κ2) is 4.39. The summed E-state index contributed by atoms with van der Waals surface area (Å²) in [5.41, 5.74) is 2.02. The smallest absolute Gasteiger partial charge is 0.123 e. The molecule has 16 heavy (non-hydrogen) atoms. The molecule has 1 aromatic rings. The van der Waals surface area contributed by atoms with Crippen molar-refractivity contribution in [3.05, 3.63) is 29.3 Å². The summed E-state index contributed by atoms with van der Waals surface area (Å²) in [6, 6.07) is 7.67. The average Bonchev–Trinajstić information content (AvgIpc) is 3.09. The standard InChI is InChI=1S/C13H15NOS/c1-10-2-3-11(7-14)6-12(10)15-8-13(9-16)4-5-13/h2-3,6,16H,4-5,8-9H2,1H3. The topological polar surface area (TPSA) is 33.0 Å². The van der Waals surface area contributed by atoms with Gasteiger partial charge in [0.2, 0.25) is 0 Å². The van der Waals surface area contributed by atoms with Crippen molar-refractivity contribution in [3.8, 4) is 11.8 Å². The largest absolute Gasteiger partial charge is 0.493 e. The van der Waals surface area contributed by atoms with Crippen molar-refractivity contribution in [1.29, 1.82) is 5.26 Å². The zero-order chi connectivity index (χ0) is 11.6. The van der Waals surface area contributed by atoms with Gasteiger partial charge in [0.15, 0.2) is 0 Å². The maximum absolute atomic E-state index is 8.82. The minimum absolute atomic E-state index is 0.290. The fourth-order valence-electron chi connectivity index (χ4n) is 1.58. The number of nitriles is 1. The van der Waals surface area contributed by atoms with Crippen molar-refractivity contribution in [3.63, 3.8) is 0 Å². The number of aryl methyl sites for hydroxylation is 1. The lowest BCUT2D eigenvalue weighted by molar-refractivity contribution is 0.249. The molecule has 2 rings (SSSR count). The predicted molar refractivity (Wildman–Crippen MR) is 66.9 cm³/mol. The van der Waals surface area contributed by atoms with E-state index < -0.39 is 0 Å². The Balaban J connectivity index is 2.06. The summed E-state index contributed by atoms with van der Waals surface area (Å²) >= 11 is 4.34. The van der Waals surface area contributed by atoms with E-state index in [2.05, 4.69) is 18.7 Å².